The van der Waals surface area contributed by atoms with E-state index in [1.807, 2.05) is 14.0 Å². The highest BCUT2D eigenvalue weighted by Gasteiger charge is 2.45. The van der Waals surface area contributed by atoms with Gasteiger partial charge < -0.3 is 5.11 Å². The topological polar surface area (TPSA) is 55.1 Å². The first-order valence-electron chi connectivity index (χ1n) is 5.38. The maximum Gasteiger partial charge on any atom is 0.310 e. The largest absolute Gasteiger partial charge is 0.481 e. The molecule has 0 unspecified atom stereocenters. The second-order valence-corrected chi connectivity index (χ2v) is 4.96. The number of carbonyl (C=O) groups is 1. The van der Waals surface area contributed by atoms with E-state index >= 15 is 0 Å². The number of rotatable bonds is 3. The molecule has 2 rings (SSSR count). The molecule has 1 heterocycles. The molecule has 1 fully saturated rings. The summed E-state index contributed by atoms with van der Waals surface area (Å²) in [5, 5.41) is 14.1. The Morgan fingerprint density at radius 3 is 2.56 bits per heavy atom. The second kappa shape index (κ2) is 3.77. The molecule has 0 spiro atoms. The third kappa shape index (κ3) is 1.61. The SMILES string of the molecule is Cc1nn(C)c(CC2(C(=O)O)CCC2)c1Cl. The number of nitrogens with zero attached hydrogens (tertiary/aromatic N) is 2. The van der Waals surface area contributed by atoms with E-state index in [9.17, 15) is 9.90 Å². The van der Waals surface area contributed by atoms with E-state index in [0.717, 1.165) is 30.7 Å². The van der Waals surface area contributed by atoms with Crippen molar-refractivity contribution in [3.8, 4) is 0 Å². The van der Waals surface area contributed by atoms with Gasteiger partial charge in [-0.3, -0.25) is 9.48 Å². The molecular weight excluding hydrogens is 228 g/mol. The molecule has 16 heavy (non-hydrogen) atoms. The van der Waals surface area contributed by atoms with Gasteiger partial charge in [-0.2, -0.15) is 5.10 Å². The molecule has 1 aromatic rings. The van der Waals surface area contributed by atoms with E-state index in [-0.39, 0.29) is 0 Å². The van der Waals surface area contributed by atoms with E-state index in [2.05, 4.69) is 5.10 Å². The van der Waals surface area contributed by atoms with Crippen LogP contribution in [0.4, 0.5) is 0 Å². The molecule has 0 aliphatic heterocycles. The zero-order valence-electron chi connectivity index (χ0n) is 9.46. The van der Waals surface area contributed by atoms with Gasteiger partial charge in [0.1, 0.15) is 0 Å². The van der Waals surface area contributed by atoms with Gasteiger partial charge in [0.15, 0.2) is 0 Å². The molecule has 0 radical (unpaired) electrons. The summed E-state index contributed by atoms with van der Waals surface area (Å²) >= 11 is 6.13. The van der Waals surface area contributed by atoms with Crippen LogP contribution in [0.15, 0.2) is 0 Å². The minimum Gasteiger partial charge on any atom is -0.481 e. The van der Waals surface area contributed by atoms with Crippen LogP contribution in [0.1, 0.15) is 30.7 Å². The maximum atomic E-state index is 11.3. The Morgan fingerprint density at radius 2 is 2.25 bits per heavy atom. The smallest absolute Gasteiger partial charge is 0.310 e. The van der Waals surface area contributed by atoms with E-state index in [0.29, 0.717) is 11.4 Å². The van der Waals surface area contributed by atoms with Crippen molar-refractivity contribution in [2.24, 2.45) is 12.5 Å². The molecular formula is C11H15ClN2O2. The molecule has 1 saturated carbocycles. The summed E-state index contributed by atoms with van der Waals surface area (Å²) in [4.78, 5) is 11.3. The molecule has 5 heteroatoms. The summed E-state index contributed by atoms with van der Waals surface area (Å²) in [7, 11) is 1.81. The summed E-state index contributed by atoms with van der Waals surface area (Å²) < 4.78 is 1.70. The van der Waals surface area contributed by atoms with Crippen LogP contribution in [-0.2, 0) is 18.3 Å². The average molecular weight is 243 g/mol. The van der Waals surface area contributed by atoms with Gasteiger partial charge in [-0.15, -0.1) is 0 Å². The second-order valence-electron chi connectivity index (χ2n) is 4.59. The Bertz CT molecular complexity index is 435. The summed E-state index contributed by atoms with van der Waals surface area (Å²) in [5.74, 6) is -0.714. The van der Waals surface area contributed by atoms with Gasteiger partial charge in [-0.25, -0.2) is 0 Å². The molecule has 0 saturated heterocycles. The third-order valence-electron chi connectivity index (χ3n) is 3.53. The zero-order valence-corrected chi connectivity index (χ0v) is 10.2. The Balaban J connectivity index is 2.29. The molecule has 0 aromatic carbocycles. The fourth-order valence-corrected chi connectivity index (χ4v) is 2.49. The number of hydrogen-bond acceptors (Lipinski definition) is 2. The molecule has 0 amide bonds. The van der Waals surface area contributed by atoms with Crippen molar-refractivity contribution >= 4 is 17.6 Å². The lowest BCUT2D eigenvalue weighted by molar-refractivity contribution is -0.154. The third-order valence-corrected chi connectivity index (χ3v) is 4.02. The molecule has 88 valence electrons. The van der Waals surface area contributed by atoms with Crippen molar-refractivity contribution < 1.29 is 9.90 Å². The van der Waals surface area contributed by atoms with E-state index in [4.69, 9.17) is 11.6 Å². The minimum absolute atomic E-state index is 0.485. The maximum absolute atomic E-state index is 11.3. The van der Waals surface area contributed by atoms with Crippen molar-refractivity contribution in [1.29, 1.82) is 0 Å². The molecule has 4 nitrogen and oxygen atoms in total. The van der Waals surface area contributed by atoms with Crippen molar-refractivity contribution in [3.05, 3.63) is 16.4 Å². The number of carboxylic acid groups (broad SMARTS) is 1. The van der Waals surface area contributed by atoms with Crippen molar-refractivity contribution in [1.82, 2.24) is 9.78 Å². The van der Waals surface area contributed by atoms with Crippen LogP contribution in [-0.4, -0.2) is 20.9 Å². The number of carboxylic acids is 1. The first kappa shape index (κ1) is 11.5. The lowest BCUT2D eigenvalue weighted by Gasteiger charge is -2.37. The number of hydrogen-bond donors (Lipinski definition) is 1. The van der Waals surface area contributed by atoms with E-state index in [1.165, 1.54) is 0 Å². The number of aromatic nitrogens is 2. The van der Waals surface area contributed by atoms with Crippen LogP contribution in [0.2, 0.25) is 5.02 Å². The predicted molar refractivity (Wildman–Crippen MR) is 60.6 cm³/mol. The Labute approximate surface area is 99.2 Å². The Morgan fingerprint density at radius 1 is 1.62 bits per heavy atom. The molecule has 1 aliphatic rings. The summed E-state index contributed by atoms with van der Waals surface area (Å²) in [6.07, 6.45) is 2.95. The van der Waals surface area contributed by atoms with Crippen molar-refractivity contribution in [2.75, 3.05) is 0 Å². The first-order valence-corrected chi connectivity index (χ1v) is 5.75. The van der Waals surface area contributed by atoms with Crippen LogP contribution in [0.5, 0.6) is 0 Å². The van der Waals surface area contributed by atoms with Gasteiger partial charge in [-0.05, 0) is 19.8 Å². The van der Waals surface area contributed by atoms with Crippen LogP contribution in [0.3, 0.4) is 0 Å². The lowest BCUT2D eigenvalue weighted by Crippen LogP contribution is -2.40. The van der Waals surface area contributed by atoms with Crippen LogP contribution >= 0.6 is 11.6 Å². The van der Waals surface area contributed by atoms with E-state index < -0.39 is 11.4 Å². The molecule has 1 N–H and O–H groups in total. The quantitative estimate of drug-likeness (QED) is 0.884. The Kier molecular flexibility index (Phi) is 2.70. The predicted octanol–water partition coefficient (Wildman–Crippen LogP) is 2.18. The average Bonchev–Trinajstić information content (AvgIpc) is 2.36. The lowest BCUT2D eigenvalue weighted by atomic mass is 9.66. The minimum atomic E-state index is -0.714. The van der Waals surface area contributed by atoms with Crippen LogP contribution < -0.4 is 0 Å². The number of halogens is 1. The highest BCUT2D eigenvalue weighted by molar-refractivity contribution is 6.31. The van der Waals surface area contributed by atoms with Gasteiger partial charge in [0.25, 0.3) is 0 Å². The van der Waals surface area contributed by atoms with Crippen LogP contribution in [0.25, 0.3) is 0 Å². The van der Waals surface area contributed by atoms with Crippen LogP contribution in [0, 0.1) is 12.3 Å². The van der Waals surface area contributed by atoms with Crippen molar-refractivity contribution in [3.63, 3.8) is 0 Å². The van der Waals surface area contributed by atoms with Gasteiger partial charge >= 0.3 is 5.97 Å². The fraction of sp³-hybridized carbons (Fsp3) is 0.636. The highest BCUT2D eigenvalue weighted by atomic mass is 35.5. The number of aliphatic carboxylic acids is 1. The van der Waals surface area contributed by atoms with Crippen molar-refractivity contribution in [2.45, 2.75) is 32.6 Å². The summed E-state index contributed by atoms with van der Waals surface area (Å²) in [5.41, 5.74) is 0.990. The highest BCUT2D eigenvalue weighted by Crippen LogP contribution is 2.45. The molecule has 0 atom stereocenters. The van der Waals surface area contributed by atoms with Gasteiger partial charge in [0.05, 0.1) is 21.8 Å². The monoisotopic (exact) mass is 242 g/mol. The number of aryl methyl sites for hydroxylation is 2. The Hall–Kier alpha value is -1.03. The molecule has 1 aliphatic carbocycles. The standard InChI is InChI=1S/C11H15ClN2O2/c1-7-9(12)8(14(2)13-7)6-11(10(15)16)4-3-5-11/h3-6H2,1-2H3,(H,15,16). The zero-order chi connectivity index (χ0) is 11.9. The first-order chi connectivity index (χ1) is 7.46. The van der Waals surface area contributed by atoms with E-state index in [1.54, 1.807) is 4.68 Å². The summed E-state index contributed by atoms with van der Waals surface area (Å²) in [6.45, 7) is 1.83. The van der Waals surface area contributed by atoms with Gasteiger partial charge in [-0.1, -0.05) is 18.0 Å². The molecule has 0 bridgehead atoms. The summed E-state index contributed by atoms with van der Waals surface area (Å²) in [6, 6.07) is 0. The fourth-order valence-electron chi connectivity index (χ4n) is 2.26. The molecule has 1 aromatic heterocycles. The normalized spacial score (nSPS) is 18.2. The van der Waals surface area contributed by atoms with Gasteiger partial charge in [0.2, 0.25) is 0 Å². The van der Waals surface area contributed by atoms with Gasteiger partial charge in [0, 0.05) is 13.5 Å².